The minimum Gasteiger partial charge on any atom is -0.492 e. The normalized spacial score (nSPS) is 10.1. The molecule has 0 radical (unpaired) electrons. The van der Waals surface area contributed by atoms with Crippen molar-refractivity contribution in [3.63, 3.8) is 0 Å². The van der Waals surface area contributed by atoms with E-state index in [0.717, 1.165) is 5.75 Å². The Morgan fingerprint density at radius 3 is 2.70 bits per heavy atom. The van der Waals surface area contributed by atoms with Gasteiger partial charge in [-0.3, -0.25) is 4.79 Å². The molecule has 0 saturated heterocycles. The van der Waals surface area contributed by atoms with E-state index in [4.69, 9.17) is 4.74 Å². The van der Waals surface area contributed by atoms with Gasteiger partial charge in [0.05, 0.1) is 12.1 Å². The van der Waals surface area contributed by atoms with Crippen molar-refractivity contribution in [3.8, 4) is 5.75 Å². The van der Waals surface area contributed by atoms with Gasteiger partial charge < -0.3 is 10.1 Å². The standard InChI is InChI=1S/C15H13BrFNO2/c16-11-6-7-14(17)13(10-11)15(19)18-8-9-20-12-4-2-1-3-5-12/h1-7,10H,8-9H2,(H,18,19). The second-order valence-electron chi connectivity index (χ2n) is 4.04. The molecule has 0 spiro atoms. The lowest BCUT2D eigenvalue weighted by Crippen LogP contribution is -2.28. The largest absolute Gasteiger partial charge is 0.492 e. The Hall–Kier alpha value is -1.88. The summed E-state index contributed by atoms with van der Waals surface area (Å²) in [5.74, 6) is -0.273. The van der Waals surface area contributed by atoms with Crippen molar-refractivity contribution < 1.29 is 13.9 Å². The Bertz CT molecular complexity index is 590. The number of benzene rings is 2. The van der Waals surface area contributed by atoms with Gasteiger partial charge in [0.15, 0.2) is 0 Å². The van der Waals surface area contributed by atoms with Gasteiger partial charge in [0.25, 0.3) is 5.91 Å². The third-order valence-corrected chi connectivity index (χ3v) is 3.07. The molecule has 2 rings (SSSR count). The van der Waals surface area contributed by atoms with Crippen LogP contribution in [-0.2, 0) is 0 Å². The molecule has 0 fully saturated rings. The summed E-state index contributed by atoms with van der Waals surface area (Å²) in [7, 11) is 0. The number of rotatable bonds is 5. The van der Waals surface area contributed by atoms with Gasteiger partial charge in [-0.1, -0.05) is 34.1 Å². The van der Waals surface area contributed by atoms with E-state index >= 15 is 0 Å². The van der Waals surface area contributed by atoms with E-state index in [-0.39, 0.29) is 5.56 Å². The molecule has 0 heterocycles. The van der Waals surface area contributed by atoms with Gasteiger partial charge in [-0.25, -0.2) is 4.39 Å². The van der Waals surface area contributed by atoms with Crippen LogP contribution in [0.2, 0.25) is 0 Å². The van der Waals surface area contributed by atoms with Gasteiger partial charge in [0.1, 0.15) is 18.2 Å². The smallest absolute Gasteiger partial charge is 0.254 e. The van der Waals surface area contributed by atoms with Crippen LogP contribution in [0.25, 0.3) is 0 Å². The quantitative estimate of drug-likeness (QED) is 0.849. The first-order valence-electron chi connectivity index (χ1n) is 6.08. The van der Waals surface area contributed by atoms with Crippen molar-refractivity contribution in [1.82, 2.24) is 5.32 Å². The summed E-state index contributed by atoms with van der Waals surface area (Å²) in [6.07, 6.45) is 0. The minimum absolute atomic E-state index is 0.0130. The summed E-state index contributed by atoms with van der Waals surface area (Å²) in [4.78, 5) is 11.8. The highest BCUT2D eigenvalue weighted by atomic mass is 79.9. The number of para-hydroxylation sites is 1. The number of halogens is 2. The van der Waals surface area contributed by atoms with Crippen molar-refractivity contribution in [2.75, 3.05) is 13.2 Å². The Morgan fingerprint density at radius 2 is 1.95 bits per heavy atom. The van der Waals surface area contributed by atoms with Crippen molar-refractivity contribution in [1.29, 1.82) is 0 Å². The van der Waals surface area contributed by atoms with Crippen LogP contribution in [0.1, 0.15) is 10.4 Å². The Labute approximate surface area is 124 Å². The molecule has 5 heteroatoms. The van der Waals surface area contributed by atoms with Gasteiger partial charge in [-0.05, 0) is 30.3 Å². The number of ether oxygens (including phenoxy) is 1. The van der Waals surface area contributed by atoms with Crippen molar-refractivity contribution in [3.05, 3.63) is 64.4 Å². The number of amides is 1. The summed E-state index contributed by atoms with van der Waals surface area (Å²) in [6.45, 7) is 0.630. The average molecular weight is 338 g/mol. The van der Waals surface area contributed by atoms with Gasteiger partial charge >= 0.3 is 0 Å². The highest BCUT2D eigenvalue weighted by molar-refractivity contribution is 9.10. The van der Waals surface area contributed by atoms with E-state index in [1.807, 2.05) is 30.3 Å². The van der Waals surface area contributed by atoms with Crippen LogP contribution in [0.15, 0.2) is 53.0 Å². The van der Waals surface area contributed by atoms with Gasteiger partial charge in [-0.15, -0.1) is 0 Å². The first-order chi connectivity index (χ1) is 9.66. The fraction of sp³-hybridized carbons (Fsp3) is 0.133. The molecule has 1 amide bonds. The summed E-state index contributed by atoms with van der Waals surface area (Å²) in [6, 6.07) is 13.5. The fourth-order valence-electron chi connectivity index (χ4n) is 1.62. The molecular formula is C15H13BrFNO2. The number of hydrogen-bond donors (Lipinski definition) is 1. The zero-order valence-electron chi connectivity index (χ0n) is 10.6. The maximum Gasteiger partial charge on any atom is 0.254 e. The molecule has 104 valence electrons. The fourth-order valence-corrected chi connectivity index (χ4v) is 1.98. The van der Waals surface area contributed by atoms with Crippen molar-refractivity contribution in [2.24, 2.45) is 0 Å². The molecule has 0 aliphatic rings. The average Bonchev–Trinajstić information content (AvgIpc) is 2.47. The van der Waals surface area contributed by atoms with Crippen LogP contribution in [0.3, 0.4) is 0 Å². The maximum atomic E-state index is 13.5. The molecule has 0 saturated carbocycles. The molecule has 20 heavy (non-hydrogen) atoms. The maximum absolute atomic E-state index is 13.5. The molecule has 0 aliphatic heterocycles. The molecule has 2 aromatic rings. The third-order valence-electron chi connectivity index (χ3n) is 2.57. The SMILES string of the molecule is O=C(NCCOc1ccccc1)c1cc(Br)ccc1F. The highest BCUT2D eigenvalue weighted by Gasteiger charge is 2.11. The number of carbonyl (C=O) groups excluding carboxylic acids is 1. The van der Waals surface area contributed by atoms with Crippen LogP contribution in [0, 0.1) is 5.82 Å². The van der Waals surface area contributed by atoms with E-state index in [2.05, 4.69) is 21.2 Å². The van der Waals surface area contributed by atoms with E-state index in [9.17, 15) is 9.18 Å². The number of carbonyl (C=O) groups is 1. The molecule has 1 N–H and O–H groups in total. The molecule has 3 nitrogen and oxygen atoms in total. The van der Waals surface area contributed by atoms with E-state index < -0.39 is 11.7 Å². The predicted octanol–water partition coefficient (Wildman–Crippen LogP) is 3.40. The van der Waals surface area contributed by atoms with Gasteiger partial charge in [0.2, 0.25) is 0 Å². The van der Waals surface area contributed by atoms with Crippen LogP contribution < -0.4 is 10.1 Å². The van der Waals surface area contributed by atoms with E-state index in [0.29, 0.717) is 17.6 Å². The van der Waals surface area contributed by atoms with Gasteiger partial charge in [-0.2, -0.15) is 0 Å². The van der Waals surface area contributed by atoms with Crippen LogP contribution in [0.5, 0.6) is 5.75 Å². The Kier molecular flexibility index (Phi) is 5.12. The van der Waals surface area contributed by atoms with Crippen LogP contribution in [-0.4, -0.2) is 19.1 Å². The molecule has 0 unspecified atom stereocenters. The second-order valence-corrected chi connectivity index (χ2v) is 4.96. The number of nitrogens with one attached hydrogen (secondary N) is 1. The lowest BCUT2D eigenvalue weighted by molar-refractivity contribution is 0.0943. The third kappa shape index (κ3) is 4.06. The summed E-state index contributed by atoms with van der Waals surface area (Å²) in [5, 5.41) is 2.61. The Balaban J connectivity index is 1.82. The summed E-state index contributed by atoms with van der Waals surface area (Å²) < 4.78 is 19.6. The van der Waals surface area contributed by atoms with Crippen molar-refractivity contribution >= 4 is 21.8 Å². The first kappa shape index (κ1) is 14.5. The predicted molar refractivity (Wildman–Crippen MR) is 78.4 cm³/mol. The summed E-state index contributed by atoms with van der Waals surface area (Å²) >= 11 is 3.21. The second kappa shape index (κ2) is 7.05. The van der Waals surface area contributed by atoms with Crippen molar-refractivity contribution in [2.45, 2.75) is 0 Å². The Morgan fingerprint density at radius 1 is 1.20 bits per heavy atom. The lowest BCUT2D eigenvalue weighted by Gasteiger charge is -2.08. The monoisotopic (exact) mass is 337 g/mol. The van der Waals surface area contributed by atoms with Crippen LogP contribution >= 0.6 is 15.9 Å². The van der Waals surface area contributed by atoms with E-state index in [1.165, 1.54) is 12.1 Å². The molecule has 0 aliphatic carbocycles. The zero-order valence-corrected chi connectivity index (χ0v) is 12.2. The number of hydrogen-bond acceptors (Lipinski definition) is 2. The van der Waals surface area contributed by atoms with Gasteiger partial charge in [0, 0.05) is 4.47 Å². The molecule has 0 bridgehead atoms. The summed E-state index contributed by atoms with van der Waals surface area (Å²) in [5.41, 5.74) is 0.0130. The highest BCUT2D eigenvalue weighted by Crippen LogP contribution is 2.15. The molecule has 2 aromatic carbocycles. The molecule has 0 aromatic heterocycles. The topological polar surface area (TPSA) is 38.3 Å². The minimum atomic E-state index is -0.547. The van der Waals surface area contributed by atoms with E-state index in [1.54, 1.807) is 6.07 Å². The first-order valence-corrected chi connectivity index (χ1v) is 6.87. The van der Waals surface area contributed by atoms with Crippen LogP contribution in [0.4, 0.5) is 4.39 Å². The molecule has 0 atom stereocenters. The lowest BCUT2D eigenvalue weighted by atomic mass is 10.2. The molecular weight excluding hydrogens is 325 g/mol. The zero-order chi connectivity index (χ0) is 14.4.